The Morgan fingerprint density at radius 3 is 2.52 bits per heavy atom. The van der Waals surface area contributed by atoms with E-state index in [9.17, 15) is 4.79 Å². The number of carbonyl (C=O) groups is 1. The number of thiol groups is 2. The number of carbonyl (C=O) groups excluding carboxylic acids is 1. The summed E-state index contributed by atoms with van der Waals surface area (Å²) in [5.41, 5.74) is 3.17. The van der Waals surface area contributed by atoms with Gasteiger partial charge < -0.3 is 20.1 Å². The summed E-state index contributed by atoms with van der Waals surface area (Å²) in [5.74, 6) is 1.06. The maximum absolute atomic E-state index is 12.4. The Kier molecular flexibility index (Phi) is 9.90. The van der Waals surface area contributed by atoms with E-state index in [-0.39, 0.29) is 5.41 Å². The second-order valence-electron chi connectivity index (χ2n) is 10.1. The van der Waals surface area contributed by atoms with Crippen LogP contribution in [0.3, 0.4) is 0 Å². The Bertz CT molecular complexity index is 1480. The molecule has 1 aliphatic rings. The number of aromatic nitrogens is 3. The van der Waals surface area contributed by atoms with E-state index in [1.807, 2.05) is 61.8 Å². The molecule has 0 fully saturated rings. The largest absolute Gasteiger partial charge is 0.359 e. The number of hydrogen-bond acceptors (Lipinski definition) is 11. The van der Waals surface area contributed by atoms with Gasteiger partial charge in [0, 0.05) is 48.2 Å². The molecule has 1 aromatic carbocycles. The van der Waals surface area contributed by atoms with E-state index in [0.29, 0.717) is 17.3 Å². The predicted molar refractivity (Wildman–Crippen MR) is 171 cm³/mol. The van der Waals surface area contributed by atoms with Gasteiger partial charge in [-0.25, -0.2) is 9.78 Å². The summed E-state index contributed by atoms with van der Waals surface area (Å²) < 4.78 is 7.36. The van der Waals surface area contributed by atoms with Crippen molar-refractivity contribution < 1.29 is 9.32 Å². The fourth-order valence-corrected chi connectivity index (χ4v) is 4.75. The van der Waals surface area contributed by atoms with E-state index in [2.05, 4.69) is 66.4 Å². The summed E-state index contributed by atoms with van der Waals surface area (Å²) in [6.07, 6.45) is 5.64. The number of imidazole rings is 1. The van der Waals surface area contributed by atoms with Crippen molar-refractivity contribution in [2.75, 3.05) is 49.2 Å². The van der Waals surface area contributed by atoms with Crippen molar-refractivity contribution in [1.29, 1.82) is 0 Å². The fraction of sp³-hybridized carbons (Fsp3) is 0.346. The summed E-state index contributed by atoms with van der Waals surface area (Å²) in [6.45, 7) is 9.28. The van der Waals surface area contributed by atoms with Crippen molar-refractivity contribution in [2.24, 2.45) is 9.98 Å². The van der Waals surface area contributed by atoms with E-state index in [1.165, 1.54) is 0 Å². The zero-order valence-corrected chi connectivity index (χ0v) is 25.4. The molecule has 0 aliphatic carbocycles. The minimum absolute atomic E-state index is 0.190. The molecule has 0 spiro atoms. The van der Waals surface area contributed by atoms with Crippen LogP contribution in [-0.4, -0.2) is 71.3 Å². The van der Waals surface area contributed by atoms with Gasteiger partial charge in [0.1, 0.15) is 10.8 Å². The normalized spacial score (nSPS) is 14.3. The van der Waals surface area contributed by atoms with Gasteiger partial charge in [0.15, 0.2) is 10.8 Å². The van der Waals surface area contributed by atoms with Gasteiger partial charge in [0.2, 0.25) is 0 Å². The Morgan fingerprint density at radius 1 is 1.10 bits per heavy atom. The van der Waals surface area contributed by atoms with E-state index in [1.54, 1.807) is 23.7 Å². The first-order valence-electron chi connectivity index (χ1n) is 12.6. The zero-order chi connectivity index (χ0) is 28.7. The Labute approximate surface area is 247 Å². The molecule has 0 saturated heterocycles. The number of benzene rings is 1. The topological polar surface area (TPSA) is 124 Å². The highest BCUT2D eigenvalue weighted by Gasteiger charge is 2.20. The zero-order valence-electron chi connectivity index (χ0n) is 22.7. The average molecular weight is 600 g/mol. The van der Waals surface area contributed by atoms with Crippen LogP contribution < -0.4 is 16.0 Å². The van der Waals surface area contributed by atoms with Crippen LogP contribution in [0.25, 0.3) is 16.2 Å². The molecule has 2 amide bonds. The van der Waals surface area contributed by atoms with Crippen LogP contribution in [0.15, 0.2) is 51.0 Å². The number of anilines is 3. The maximum atomic E-state index is 12.4. The number of thiazole rings is 1. The Balaban J connectivity index is 0.00000181. The monoisotopic (exact) mass is 599 g/mol. The quantitative estimate of drug-likeness (QED) is 0.155. The van der Waals surface area contributed by atoms with Crippen molar-refractivity contribution in [3.63, 3.8) is 0 Å². The number of likely N-dealkylation sites (N-methyl/N-ethyl adjacent to an activating group) is 1. The lowest BCUT2D eigenvalue weighted by molar-refractivity contribution is 0.262. The number of hydrogen-bond donors (Lipinski definition) is 5. The first-order valence-corrected chi connectivity index (χ1v) is 15.0. The van der Waals surface area contributed by atoms with Gasteiger partial charge in [-0.2, -0.15) is 0 Å². The predicted octanol–water partition coefficient (Wildman–Crippen LogP) is 5.56. The van der Waals surface area contributed by atoms with Crippen LogP contribution >= 0.6 is 34.7 Å². The van der Waals surface area contributed by atoms with Gasteiger partial charge >= 0.3 is 6.03 Å². The molecule has 3 N–H and O–H groups in total. The lowest BCUT2D eigenvalue weighted by Gasteiger charge is -2.13. The molecule has 0 saturated carbocycles. The van der Waals surface area contributed by atoms with Gasteiger partial charge in [-0.05, 0) is 19.2 Å². The standard InChI is InChI=1S/C26H31N9O2S.H2S2/c1-26(2,3)21-13-22(33-37-21)32-24(36)30-18-7-5-17(6-8-18)19-15-35-20-14-27-9-11-34(4)12-10-28-16-29-23(20)38-25(35)31-19;1-2/h5-8,13-16H,9-12H2,1-4H3,(H,28,29)(H2,30,32,33,36);1-2H. The first kappa shape index (κ1) is 29.6. The highest BCUT2D eigenvalue weighted by atomic mass is 33.1. The average Bonchev–Trinajstić information content (AvgIpc) is 3.63. The molecular weight excluding hydrogens is 567 g/mol. The smallest absolute Gasteiger partial charge is 0.324 e. The number of nitrogens with one attached hydrogen (secondary N) is 3. The van der Waals surface area contributed by atoms with Crippen LogP contribution in [0, 0.1) is 0 Å². The van der Waals surface area contributed by atoms with Gasteiger partial charge in [-0.15, -0.1) is 23.3 Å². The number of amides is 2. The van der Waals surface area contributed by atoms with E-state index < -0.39 is 6.03 Å². The molecule has 1 aliphatic heterocycles. The Morgan fingerprint density at radius 2 is 1.82 bits per heavy atom. The lowest BCUT2D eigenvalue weighted by atomic mass is 9.93. The molecule has 0 bridgehead atoms. The summed E-state index contributed by atoms with van der Waals surface area (Å²) >= 11 is 8.00. The summed E-state index contributed by atoms with van der Waals surface area (Å²) in [4.78, 5) is 29.4. The van der Waals surface area contributed by atoms with Crippen LogP contribution in [0.2, 0.25) is 0 Å². The maximum Gasteiger partial charge on any atom is 0.324 e. The summed E-state index contributed by atoms with van der Waals surface area (Å²) in [7, 11) is 2.08. The second kappa shape index (κ2) is 13.4. The van der Waals surface area contributed by atoms with Crippen LogP contribution in [0.4, 0.5) is 21.3 Å². The van der Waals surface area contributed by atoms with Crippen molar-refractivity contribution in [2.45, 2.75) is 26.2 Å². The lowest BCUT2D eigenvalue weighted by Crippen LogP contribution is -2.24. The fourth-order valence-electron chi connectivity index (χ4n) is 3.80. The number of rotatable bonds is 3. The molecule has 3 aromatic heterocycles. The van der Waals surface area contributed by atoms with Gasteiger partial charge in [0.25, 0.3) is 0 Å². The minimum Gasteiger partial charge on any atom is -0.359 e. The highest BCUT2D eigenvalue weighted by Crippen LogP contribution is 2.31. The number of fused-ring (bicyclic) bond motifs is 3. The third-order valence-corrected chi connectivity index (χ3v) is 7.01. The molecule has 14 heteroatoms. The van der Waals surface area contributed by atoms with E-state index >= 15 is 0 Å². The third-order valence-electron chi connectivity index (χ3n) is 6.01. The summed E-state index contributed by atoms with van der Waals surface area (Å²) in [6, 6.07) is 8.87. The number of aliphatic imine (C=N–C) groups is 2. The molecule has 40 heavy (non-hydrogen) atoms. The number of nitrogens with zero attached hydrogens (tertiary/aromatic N) is 6. The van der Waals surface area contributed by atoms with Crippen LogP contribution in [-0.2, 0) is 5.41 Å². The van der Waals surface area contributed by atoms with Gasteiger partial charge in [0.05, 0.1) is 30.8 Å². The van der Waals surface area contributed by atoms with Crippen LogP contribution in [0.1, 0.15) is 32.2 Å². The molecule has 5 rings (SSSR count). The summed E-state index contributed by atoms with van der Waals surface area (Å²) in [5, 5.41) is 13.7. The molecule has 0 unspecified atom stereocenters. The van der Waals surface area contributed by atoms with Gasteiger partial charge in [-0.3, -0.25) is 19.7 Å². The van der Waals surface area contributed by atoms with Gasteiger partial charge in [-0.1, -0.05) is 49.4 Å². The molecule has 0 radical (unpaired) electrons. The number of urea groups is 1. The van der Waals surface area contributed by atoms with Crippen molar-refractivity contribution in [1.82, 2.24) is 19.4 Å². The van der Waals surface area contributed by atoms with Crippen molar-refractivity contribution in [3.05, 3.63) is 48.0 Å². The molecular formula is C26H33N9O2S3. The van der Waals surface area contributed by atoms with Crippen molar-refractivity contribution in [3.8, 4) is 11.3 Å². The minimum atomic E-state index is -0.396. The second-order valence-corrected chi connectivity index (χ2v) is 11.1. The van der Waals surface area contributed by atoms with Crippen molar-refractivity contribution >= 4 is 74.7 Å². The highest BCUT2D eigenvalue weighted by molar-refractivity contribution is 8.59. The van der Waals surface area contributed by atoms with E-state index in [0.717, 1.165) is 53.1 Å². The van der Waals surface area contributed by atoms with E-state index in [4.69, 9.17) is 9.51 Å². The molecule has 11 nitrogen and oxygen atoms in total. The molecule has 0 atom stereocenters. The van der Waals surface area contributed by atoms with Crippen LogP contribution in [0.5, 0.6) is 0 Å². The molecule has 4 heterocycles. The molecule has 4 aromatic rings. The Hall–Kier alpha value is -3.33. The molecule has 212 valence electrons. The SMILES string of the molecule is CN1CCN=CNc2sc3nc(-c4ccc(NC(=O)Nc5cc(C(C)(C)C)on5)cc4)cn3c2C=NCC1.SS. The third kappa shape index (κ3) is 7.44. The first-order chi connectivity index (χ1) is 19.3.